The molecule has 0 spiro atoms. The average molecular weight is 491 g/mol. The summed E-state index contributed by atoms with van der Waals surface area (Å²) in [6.07, 6.45) is 0.518. The molecule has 35 heavy (non-hydrogen) atoms. The van der Waals surface area contributed by atoms with Gasteiger partial charge in [0.15, 0.2) is 29.0 Å². The van der Waals surface area contributed by atoms with Crippen molar-refractivity contribution in [3.8, 4) is 11.6 Å². The second kappa shape index (κ2) is 10.4. The number of hydrogen-bond acceptors (Lipinski definition) is 5. The third kappa shape index (κ3) is 6.92. The average Bonchev–Trinajstić information content (AvgIpc) is 2.78. The Labute approximate surface area is 198 Å². The zero-order valence-electron chi connectivity index (χ0n) is 18.9. The predicted octanol–water partition coefficient (Wildman–Crippen LogP) is 5.71. The minimum absolute atomic E-state index is 0.0134. The number of halogens is 4. The van der Waals surface area contributed by atoms with E-state index in [1.807, 2.05) is 0 Å². The van der Waals surface area contributed by atoms with Crippen molar-refractivity contribution in [2.24, 2.45) is 0 Å². The predicted molar refractivity (Wildman–Crippen MR) is 118 cm³/mol. The van der Waals surface area contributed by atoms with Crippen molar-refractivity contribution in [3.63, 3.8) is 0 Å². The number of amides is 2. The van der Waals surface area contributed by atoms with Crippen molar-refractivity contribution in [2.75, 3.05) is 5.32 Å². The van der Waals surface area contributed by atoms with Gasteiger partial charge in [0.25, 0.3) is 5.91 Å². The minimum atomic E-state index is -1.76. The number of carbonyl (C=O) groups is 2. The maximum atomic E-state index is 14.4. The third-order valence-corrected chi connectivity index (χ3v) is 4.32. The molecule has 3 rings (SSSR count). The summed E-state index contributed by atoms with van der Waals surface area (Å²) >= 11 is 0. The van der Waals surface area contributed by atoms with E-state index in [4.69, 9.17) is 9.47 Å². The number of anilines is 1. The fourth-order valence-electron chi connectivity index (χ4n) is 2.75. The van der Waals surface area contributed by atoms with E-state index in [9.17, 15) is 27.2 Å². The molecule has 0 aliphatic heterocycles. The van der Waals surface area contributed by atoms with Gasteiger partial charge >= 0.3 is 6.09 Å². The number of benzene rings is 2. The summed E-state index contributed by atoms with van der Waals surface area (Å²) in [6.45, 7) is 5.20. The second-order valence-corrected chi connectivity index (χ2v) is 8.28. The zero-order chi connectivity index (χ0) is 25.8. The van der Waals surface area contributed by atoms with Gasteiger partial charge in [-0.1, -0.05) is 6.07 Å². The Bertz CT molecular complexity index is 1240. The molecular weight excluding hydrogens is 470 g/mol. The largest absolute Gasteiger partial charge is 0.444 e. The number of carbonyl (C=O) groups excluding carboxylic acids is 2. The van der Waals surface area contributed by atoms with Gasteiger partial charge in [-0.25, -0.2) is 27.3 Å². The summed E-state index contributed by atoms with van der Waals surface area (Å²) in [5.41, 5.74) is -0.771. The van der Waals surface area contributed by atoms with Crippen LogP contribution in [0.3, 0.4) is 0 Å². The van der Waals surface area contributed by atoms with Gasteiger partial charge in [-0.2, -0.15) is 0 Å². The van der Waals surface area contributed by atoms with Crippen LogP contribution in [-0.2, 0) is 11.3 Å². The molecule has 1 aromatic heterocycles. The minimum Gasteiger partial charge on any atom is -0.444 e. The Kier molecular flexibility index (Phi) is 7.58. The van der Waals surface area contributed by atoms with Crippen molar-refractivity contribution in [1.82, 2.24) is 10.3 Å². The van der Waals surface area contributed by atoms with Crippen LogP contribution in [0.15, 0.2) is 48.7 Å². The first kappa shape index (κ1) is 25.5. The first-order valence-corrected chi connectivity index (χ1v) is 10.3. The van der Waals surface area contributed by atoms with E-state index in [1.54, 1.807) is 26.8 Å². The molecule has 0 atom stereocenters. The quantitative estimate of drug-likeness (QED) is 0.341. The first-order chi connectivity index (χ1) is 16.4. The number of nitrogens with one attached hydrogen (secondary N) is 2. The van der Waals surface area contributed by atoms with E-state index < -0.39 is 46.4 Å². The van der Waals surface area contributed by atoms with Crippen molar-refractivity contribution in [3.05, 3.63) is 83.1 Å². The summed E-state index contributed by atoms with van der Waals surface area (Å²) in [4.78, 5) is 27.8. The Morgan fingerprint density at radius 3 is 2.31 bits per heavy atom. The van der Waals surface area contributed by atoms with E-state index in [0.29, 0.717) is 11.6 Å². The zero-order valence-corrected chi connectivity index (χ0v) is 18.9. The van der Waals surface area contributed by atoms with Crippen LogP contribution < -0.4 is 15.4 Å². The number of rotatable bonds is 6. The summed E-state index contributed by atoms with van der Waals surface area (Å²) < 4.78 is 65.1. The molecule has 0 fully saturated rings. The number of hydrogen-bond donors (Lipinski definition) is 2. The number of ether oxygens (including phenoxy) is 2. The van der Waals surface area contributed by atoms with Crippen LogP contribution in [-0.4, -0.2) is 22.6 Å². The highest BCUT2D eigenvalue weighted by Crippen LogP contribution is 2.25. The number of aromatic nitrogens is 1. The molecular formula is C24H21F4N3O4. The lowest BCUT2D eigenvalue weighted by atomic mass is 10.2. The smallest absolute Gasteiger partial charge is 0.407 e. The molecule has 2 aromatic carbocycles. The van der Waals surface area contributed by atoms with Gasteiger partial charge in [0.1, 0.15) is 5.60 Å². The molecule has 7 nitrogen and oxygen atoms in total. The SMILES string of the molecule is CC(C)(C)OC(=O)NCc1ccc(Oc2ccc(NC(=O)c3ccc(F)c(F)c3F)cn2)c(F)c1. The van der Waals surface area contributed by atoms with Gasteiger partial charge in [0.2, 0.25) is 5.88 Å². The summed E-state index contributed by atoms with van der Waals surface area (Å²) in [5.74, 6) is -6.66. The molecule has 1 heterocycles. The molecule has 11 heteroatoms. The van der Waals surface area contributed by atoms with Gasteiger partial charge in [-0.05, 0) is 56.7 Å². The standard InChI is InChI=1S/C24H21F4N3O4/c1-24(2,3)35-23(33)30-11-13-4-8-18(17(26)10-13)34-19-9-5-14(12-29-19)31-22(32)15-6-7-16(25)21(28)20(15)27/h4-10,12H,11H2,1-3H3,(H,30,33)(H,31,32). The molecule has 0 aliphatic carbocycles. The molecule has 0 saturated carbocycles. The molecule has 3 aromatic rings. The van der Waals surface area contributed by atoms with Crippen LogP contribution in [0.5, 0.6) is 11.6 Å². The van der Waals surface area contributed by atoms with Crippen LogP contribution in [0.25, 0.3) is 0 Å². The van der Waals surface area contributed by atoms with Crippen molar-refractivity contribution < 1.29 is 36.6 Å². The van der Waals surface area contributed by atoms with E-state index in [0.717, 1.165) is 12.3 Å². The van der Waals surface area contributed by atoms with Crippen molar-refractivity contribution >= 4 is 17.7 Å². The van der Waals surface area contributed by atoms with Gasteiger partial charge in [0.05, 0.1) is 17.4 Å². The van der Waals surface area contributed by atoms with Gasteiger partial charge < -0.3 is 20.1 Å². The van der Waals surface area contributed by atoms with E-state index in [2.05, 4.69) is 15.6 Å². The van der Waals surface area contributed by atoms with Crippen LogP contribution >= 0.6 is 0 Å². The first-order valence-electron chi connectivity index (χ1n) is 10.3. The summed E-state index contributed by atoms with van der Waals surface area (Å²) in [6, 6.07) is 8.17. The Balaban J connectivity index is 1.60. The van der Waals surface area contributed by atoms with Crippen molar-refractivity contribution in [1.29, 1.82) is 0 Å². The maximum Gasteiger partial charge on any atom is 0.407 e. The van der Waals surface area contributed by atoms with Crippen LogP contribution in [0.2, 0.25) is 0 Å². The Morgan fingerprint density at radius 1 is 0.943 bits per heavy atom. The highest BCUT2D eigenvalue weighted by atomic mass is 19.2. The third-order valence-electron chi connectivity index (χ3n) is 4.32. The summed E-state index contributed by atoms with van der Waals surface area (Å²) in [5, 5.41) is 4.80. The molecule has 0 unspecified atom stereocenters. The Hall–Kier alpha value is -4.15. The molecule has 184 valence electrons. The van der Waals surface area contributed by atoms with Crippen LogP contribution in [0.1, 0.15) is 36.7 Å². The van der Waals surface area contributed by atoms with Crippen molar-refractivity contribution in [2.45, 2.75) is 32.9 Å². The normalized spacial score (nSPS) is 11.1. The van der Waals surface area contributed by atoms with Gasteiger partial charge in [0, 0.05) is 12.6 Å². The van der Waals surface area contributed by atoms with Gasteiger partial charge in [-0.15, -0.1) is 0 Å². The maximum absolute atomic E-state index is 14.4. The second-order valence-electron chi connectivity index (χ2n) is 8.28. The fourth-order valence-corrected chi connectivity index (χ4v) is 2.75. The molecule has 0 bridgehead atoms. The molecule has 2 amide bonds. The number of pyridine rings is 1. The Morgan fingerprint density at radius 2 is 1.69 bits per heavy atom. The number of nitrogens with zero attached hydrogens (tertiary/aromatic N) is 1. The summed E-state index contributed by atoms with van der Waals surface area (Å²) in [7, 11) is 0. The lowest BCUT2D eigenvalue weighted by molar-refractivity contribution is 0.0523. The molecule has 2 N–H and O–H groups in total. The van der Waals surface area contributed by atoms with E-state index in [1.165, 1.54) is 24.3 Å². The molecule has 0 aliphatic rings. The van der Waals surface area contributed by atoms with E-state index >= 15 is 0 Å². The lowest BCUT2D eigenvalue weighted by Crippen LogP contribution is -2.32. The lowest BCUT2D eigenvalue weighted by Gasteiger charge is -2.19. The number of alkyl carbamates (subject to hydrolysis) is 1. The topological polar surface area (TPSA) is 89.5 Å². The molecule has 0 saturated heterocycles. The fraction of sp³-hybridized carbons (Fsp3) is 0.208. The van der Waals surface area contributed by atoms with Crippen LogP contribution in [0, 0.1) is 23.3 Å². The highest BCUT2D eigenvalue weighted by molar-refractivity contribution is 6.04. The van der Waals surface area contributed by atoms with Crippen LogP contribution in [0.4, 0.5) is 28.0 Å². The highest BCUT2D eigenvalue weighted by Gasteiger charge is 2.19. The molecule has 0 radical (unpaired) electrons. The van der Waals surface area contributed by atoms with Gasteiger partial charge in [-0.3, -0.25) is 4.79 Å². The monoisotopic (exact) mass is 491 g/mol. The van der Waals surface area contributed by atoms with E-state index in [-0.39, 0.29) is 23.9 Å².